The lowest BCUT2D eigenvalue weighted by molar-refractivity contribution is 0.589. The van der Waals surface area contributed by atoms with Crippen LogP contribution in [0.15, 0.2) is 42.7 Å². The molecule has 27 heavy (non-hydrogen) atoms. The highest BCUT2D eigenvalue weighted by Gasteiger charge is 2.10. The lowest BCUT2D eigenvalue weighted by Crippen LogP contribution is -2.43. The van der Waals surface area contributed by atoms with E-state index in [0.29, 0.717) is 5.95 Å². The Morgan fingerprint density at radius 2 is 1.89 bits per heavy atom. The first kappa shape index (κ1) is 17.8. The number of anilines is 3. The standard InChI is InChI=1S/C21H28N6/c1-2-3-4-12-27-13-9-17-16-23-21(25-20(17)27)24-18-5-7-19(8-6-18)26-14-10-22-11-15-26/h5-9,13,16,22H,2-4,10-12,14-15H2,1H3,(H,23,24,25). The molecule has 1 saturated heterocycles. The molecule has 1 fully saturated rings. The van der Waals surface area contributed by atoms with Crippen LogP contribution in [0.5, 0.6) is 0 Å². The number of nitrogens with one attached hydrogen (secondary N) is 2. The van der Waals surface area contributed by atoms with Crippen LogP contribution in [-0.2, 0) is 6.54 Å². The molecule has 2 aromatic heterocycles. The van der Waals surface area contributed by atoms with Gasteiger partial charge in [-0.25, -0.2) is 4.98 Å². The van der Waals surface area contributed by atoms with Crippen molar-refractivity contribution in [1.82, 2.24) is 19.9 Å². The van der Waals surface area contributed by atoms with Crippen LogP contribution in [0, 0.1) is 0 Å². The monoisotopic (exact) mass is 364 g/mol. The molecule has 0 bridgehead atoms. The van der Waals surface area contributed by atoms with Crippen LogP contribution >= 0.6 is 0 Å². The minimum absolute atomic E-state index is 0.646. The van der Waals surface area contributed by atoms with Gasteiger partial charge in [0.1, 0.15) is 5.65 Å². The van der Waals surface area contributed by atoms with E-state index < -0.39 is 0 Å². The molecule has 0 aliphatic carbocycles. The second kappa shape index (κ2) is 8.39. The van der Waals surface area contributed by atoms with Crippen LogP contribution in [0.25, 0.3) is 11.0 Å². The summed E-state index contributed by atoms with van der Waals surface area (Å²) >= 11 is 0. The third-order valence-corrected chi connectivity index (χ3v) is 5.11. The molecule has 0 unspecified atom stereocenters. The van der Waals surface area contributed by atoms with Crippen LogP contribution in [0.3, 0.4) is 0 Å². The first-order valence-electron chi connectivity index (χ1n) is 9.98. The fraction of sp³-hybridized carbons (Fsp3) is 0.429. The lowest BCUT2D eigenvalue weighted by atomic mass is 10.2. The van der Waals surface area contributed by atoms with E-state index in [1.807, 2.05) is 6.20 Å². The fourth-order valence-corrected chi connectivity index (χ4v) is 3.55. The van der Waals surface area contributed by atoms with Crippen LogP contribution in [0.1, 0.15) is 26.2 Å². The Hall–Kier alpha value is -2.60. The summed E-state index contributed by atoms with van der Waals surface area (Å²) < 4.78 is 2.23. The Labute approximate surface area is 160 Å². The van der Waals surface area contributed by atoms with Gasteiger partial charge in [0.25, 0.3) is 0 Å². The Morgan fingerprint density at radius 3 is 2.67 bits per heavy atom. The largest absolute Gasteiger partial charge is 0.369 e. The smallest absolute Gasteiger partial charge is 0.229 e. The minimum atomic E-state index is 0.646. The zero-order valence-corrected chi connectivity index (χ0v) is 16.0. The van der Waals surface area contributed by atoms with E-state index in [4.69, 9.17) is 4.98 Å². The maximum atomic E-state index is 4.74. The van der Waals surface area contributed by atoms with E-state index in [1.54, 1.807) is 0 Å². The normalized spacial score (nSPS) is 14.6. The highest BCUT2D eigenvalue weighted by Crippen LogP contribution is 2.21. The van der Waals surface area contributed by atoms with Gasteiger partial charge in [-0.1, -0.05) is 19.8 Å². The predicted octanol–water partition coefficient (Wildman–Crippen LogP) is 3.77. The maximum absolute atomic E-state index is 4.74. The Kier molecular flexibility index (Phi) is 5.53. The fourth-order valence-electron chi connectivity index (χ4n) is 3.55. The van der Waals surface area contributed by atoms with E-state index in [9.17, 15) is 0 Å². The summed E-state index contributed by atoms with van der Waals surface area (Å²) in [5.74, 6) is 0.646. The molecule has 6 nitrogen and oxygen atoms in total. The molecule has 1 aromatic carbocycles. The van der Waals surface area contributed by atoms with Crippen LogP contribution in [-0.4, -0.2) is 40.7 Å². The summed E-state index contributed by atoms with van der Waals surface area (Å²) in [4.78, 5) is 11.6. The molecule has 1 aliphatic heterocycles. The van der Waals surface area contributed by atoms with Gasteiger partial charge in [-0.3, -0.25) is 0 Å². The van der Waals surface area contributed by atoms with Crippen molar-refractivity contribution >= 4 is 28.4 Å². The molecule has 2 N–H and O–H groups in total. The van der Waals surface area contributed by atoms with Gasteiger partial charge in [0, 0.05) is 61.9 Å². The quantitative estimate of drug-likeness (QED) is 0.625. The van der Waals surface area contributed by atoms with E-state index in [-0.39, 0.29) is 0 Å². The second-order valence-corrected chi connectivity index (χ2v) is 7.10. The molecule has 3 heterocycles. The lowest BCUT2D eigenvalue weighted by Gasteiger charge is -2.29. The highest BCUT2D eigenvalue weighted by atomic mass is 15.2. The zero-order valence-electron chi connectivity index (χ0n) is 16.0. The number of nitrogens with zero attached hydrogens (tertiary/aromatic N) is 4. The number of benzene rings is 1. The predicted molar refractivity (Wildman–Crippen MR) is 112 cm³/mol. The average molecular weight is 364 g/mol. The number of hydrogen-bond donors (Lipinski definition) is 2. The molecule has 1 aliphatic rings. The van der Waals surface area contributed by atoms with Gasteiger partial charge in [0.15, 0.2) is 0 Å². The Morgan fingerprint density at radius 1 is 1.07 bits per heavy atom. The summed E-state index contributed by atoms with van der Waals surface area (Å²) in [6.07, 6.45) is 7.66. The molecule has 6 heteroatoms. The summed E-state index contributed by atoms with van der Waals surface area (Å²) in [5.41, 5.74) is 3.28. The van der Waals surface area contributed by atoms with Gasteiger partial charge < -0.3 is 20.1 Å². The summed E-state index contributed by atoms with van der Waals surface area (Å²) in [5, 5.41) is 7.82. The molecule has 4 rings (SSSR count). The van der Waals surface area contributed by atoms with Crippen LogP contribution < -0.4 is 15.5 Å². The number of hydrogen-bond acceptors (Lipinski definition) is 5. The topological polar surface area (TPSA) is 58.0 Å². The van der Waals surface area contributed by atoms with Crippen molar-refractivity contribution in [1.29, 1.82) is 0 Å². The van der Waals surface area contributed by atoms with Crippen molar-refractivity contribution in [3.8, 4) is 0 Å². The van der Waals surface area contributed by atoms with Crippen molar-refractivity contribution in [2.75, 3.05) is 36.4 Å². The van der Waals surface area contributed by atoms with E-state index in [1.165, 1.54) is 24.9 Å². The number of piperazine rings is 1. The molecule has 142 valence electrons. The summed E-state index contributed by atoms with van der Waals surface area (Å²) in [6, 6.07) is 10.6. The van der Waals surface area contributed by atoms with Crippen molar-refractivity contribution in [3.63, 3.8) is 0 Å². The van der Waals surface area contributed by atoms with Crippen LogP contribution in [0.2, 0.25) is 0 Å². The van der Waals surface area contributed by atoms with E-state index in [0.717, 1.165) is 49.4 Å². The number of fused-ring (bicyclic) bond motifs is 1. The van der Waals surface area contributed by atoms with E-state index in [2.05, 4.69) is 68.5 Å². The first-order valence-corrected chi connectivity index (χ1v) is 9.98. The molecule has 0 saturated carbocycles. The zero-order chi connectivity index (χ0) is 18.5. The van der Waals surface area contributed by atoms with E-state index >= 15 is 0 Å². The number of aromatic nitrogens is 3. The second-order valence-electron chi connectivity index (χ2n) is 7.10. The highest BCUT2D eigenvalue weighted by molar-refractivity contribution is 5.76. The van der Waals surface area contributed by atoms with Crippen molar-refractivity contribution in [2.24, 2.45) is 0 Å². The van der Waals surface area contributed by atoms with Gasteiger partial charge in [0.2, 0.25) is 5.95 Å². The Balaban J connectivity index is 1.46. The van der Waals surface area contributed by atoms with Gasteiger partial charge in [-0.2, -0.15) is 4.98 Å². The maximum Gasteiger partial charge on any atom is 0.229 e. The third-order valence-electron chi connectivity index (χ3n) is 5.11. The summed E-state index contributed by atoms with van der Waals surface area (Å²) in [7, 11) is 0. The molecule has 3 aromatic rings. The molecule has 0 amide bonds. The molecule has 0 radical (unpaired) electrons. The van der Waals surface area contributed by atoms with Crippen LogP contribution in [0.4, 0.5) is 17.3 Å². The average Bonchev–Trinajstić information content (AvgIpc) is 3.12. The van der Waals surface area contributed by atoms with Crippen molar-refractivity contribution in [2.45, 2.75) is 32.7 Å². The van der Waals surface area contributed by atoms with Gasteiger partial charge >= 0.3 is 0 Å². The molecular weight excluding hydrogens is 336 g/mol. The molecular formula is C21H28N6. The van der Waals surface area contributed by atoms with Gasteiger partial charge in [0.05, 0.1) is 0 Å². The van der Waals surface area contributed by atoms with Crippen molar-refractivity contribution in [3.05, 3.63) is 42.7 Å². The minimum Gasteiger partial charge on any atom is -0.369 e. The number of aryl methyl sites for hydroxylation is 1. The van der Waals surface area contributed by atoms with Gasteiger partial charge in [-0.05, 0) is 36.8 Å². The molecule has 0 spiro atoms. The van der Waals surface area contributed by atoms with Crippen molar-refractivity contribution < 1.29 is 0 Å². The Bertz CT molecular complexity index is 864. The first-order chi connectivity index (χ1) is 13.3. The SMILES string of the molecule is CCCCCn1ccc2cnc(Nc3ccc(N4CCNCC4)cc3)nc21. The number of rotatable bonds is 7. The number of unbranched alkanes of at least 4 members (excludes halogenated alkanes) is 2. The third kappa shape index (κ3) is 4.22. The molecule has 0 atom stereocenters. The summed E-state index contributed by atoms with van der Waals surface area (Å²) in [6.45, 7) is 7.44. The van der Waals surface area contributed by atoms with Gasteiger partial charge in [-0.15, -0.1) is 0 Å².